The second kappa shape index (κ2) is 8.23. The molecule has 2 aromatic rings. The Morgan fingerprint density at radius 2 is 1.58 bits per heavy atom. The summed E-state index contributed by atoms with van der Waals surface area (Å²) >= 11 is 0. The zero-order valence-electron chi connectivity index (χ0n) is 19.5. The summed E-state index contributed by atoms with van der Waals surface area (Å²) < 4.78 is 1.78. The smallest absolute Gasteiger partial charge is 0.360 e. The van der Waals surface area contributed by atoms with E-state index in [1.807, 2.05) is 24.3 Å². The summed E-state index contributed by atoms with van der Waals surface area (Å²) in [6.45, 7) is 2.43. The number of carboxylic acid groups (broad SMARTS) is 1. The molecule has 7 atom stereocenters. The van der Waals surface area contributed by atoms with Crippen molar-refractivity contribution in [2.45, 2.75) is 95.3 Å². The van der Waals surface area contributed by atoms with Crippen molar-refractivity contribution in [2.24, 2.45) is 17.8 Å². The molecule has 1 N–H and O–H groups in total. The summed E-state index contributed by atoms with van der Waals surface area (Å²) in [6, 6.07) is 9.23. The highest BCUT2D eigenvalue weighted by molar-refractivity contribution is 5.88. The maximum atomic E-state index is 13.3. The van der Waals surface area contributed by atoms with Gasteiger partial charge in [0, 0.05) is 24.2 Å². The van der Waals surface area contributed by atoms with E-state index in [4.69, 9.17) is 0 Å². The largest absolute Gasteiger partial charge is 0.476 e. The number of aromatic nitrogens is 2. The van der Waals surface area contributed by atoms with Gasteiger partial charge in [0.2, 0.25) is 5.69 Å². The summed E-state index contributed by atoms with van der Waals surface area (Å²) in [5, 5.41) is 9.63. The Morgan fingerprint density at radius 1 is 0.909 bits per heavy atom. The SMILES string of the molecule is C[C@@H]1C[C@@H]2C[C@H](C1)C[C@@H](N1[C@@H]3CCC[C@H]1C[C@@H](n1c(=O)c(C(=O)O)nc4ccccc41)C3)C2. The molecule has 176 valence electrons. The molecule has 2 saturated carbocycles. The Bertz CT molecular complexity index is 1100. The number of carbonyl (C=O) groups is 1. The van der Waals surface area contributed by atoms with Crippen molar-refractivity contribution in [1.82, 2.24) is 14.5 Å². The molecule has 6 nitrogen and oxygen atoms in total. The first-order valence-corrected chi connectivity index (χ1v) is 13.0. The van der Waals surface area contributed by atoms with E-state index in [0.29, 0.717) is 23.6 Å². The first-order chi connectivity index (χ1) is 16.0. The molecule has 6 rings (SSSR count). The van der Waals surface area contributed by atoms with Gasteiger partial charge in [-0.25, -0.2) is 9.78 Å². The predicted molar refractivity (Wildman–Crippen MR) is 128 cm³/mol. The van der Waals surface area contributed by atoms with Crippen LogP contribution in [0.5, 0.6) is 0 Å². The molecule has 2 aliphatic carbocycles. The molecule has 4 bridgehead atoms. The molecule has 0 unspecified atom stereocenters. The van der Waals surface area contributed by atoms with E-state index in [1.165, 1.54) is 51.4 Å². The van der Waals surface area contributed by atoms with E-state index in [9.17, 15) is 14.7 Å². The van der Waals surface area contributed by atoms with Crippen LogP contribution in [0.2, 0.25) is 0 Å². The van der Waals surface area contributed by atoms with E-state index < -0.39 is 11.5 Å². The average molecular weight is 450 g/mol. The van der Waals surface area contributed by atoms with E-state index in [-0.39, 0.29) is 11.7 Å². The van der Waals surface area contributed by atoms with Gasteiger partial charge >= 0.3 is 5.97 Å². The fourth-order valence-electron chi connectivity index (χ4n) is 8.24. The monoisotopic (exact) mass is 449 g/mol. The molecule has 0 radical (unpaired) electrons. The van der Waals surface area contributed by atoms with Crippen LogP contribution in [-0.2, 0) is 0 Å². The maximum absolute atomic E-state index is 13.3. The highest BCUT2D eigenvalue weighted by Crippen LogP contribution is 2.48. The van der Waals surface area contributed by atoms with Crippen LogP contribution in [0, 0.1) is 17.8 Å². The fourth-order valence-corrected chi connectivity index (χ4v) is 8.24. The summed E-state index contributed by atoms with van der Waals surface area (Å²) in [6.07, 6.45) is 12.4. The van der Waals surface area contributed by atoms with E-state index in [0.717, 1.165) is 36.1 Å². The molecule has 2 saturated heterocycles. The van der Waals surface area contributed by atoms with Crippen molar-refractivity contribution in [3.05, 3.63) is 40.3 Å². The second-order valence-electron chi connectivity index (χ2n) is 11.4. The average Bonchev–Trinajstić information content (AvgIpc) is 2.77. The molecule has 0 spiro atoms. The van der Waals surface area contributed by atoms with Crippen LogP contribution >= 0.6 is 0 Å². The first kappa shape index (κ1) is 21.3. The number of para-hydroxylation sites is 2. The third-order valence-corrected chi connectivity index (χ3v) is 9.14. The van der Waals surface area contributed by atoms with Gasteiger partial charge < -0.3 is 9.67 Å². The highest BCUT2D eigenvalue weighted by atomic mass is 16.4. The van der Waals surface area contributed by atoms with Crippen LogP contribution in [0.25, 0.3) is 11.0 Å². The van der Waals surface area contributed by atoms with Crippen LogP contribution in [-0.4, -0.2) is 43.7 Å². The lowest BCUT2D eigenvalue weighted by Crippen LogP contribution is -2.59. The van der Waals surface area contributed by atoms with Gasteiger partial charge in [-0.05, 0) is 87.7 Å². The van der Waals surface area contributed by atoms with Crippen molar-refractivity contribution in [3.63, 3.8) is 0 Å². The van der Waals surface area contributed by atoms with Gasteiger partial charge in [0.1, 0.15) is 0 Å². The molecule has 1 aromatic heterocycles. The lowest BCUT2D eigenvalue weighted by Gasteiger charge is -2.55. The molecule has 6 heteroatoms. The molecule has 33 heavy (non-hydrogen) atoms. The van der Waals surface area contributed by atoms with Gasteiger partial charge in [0.05, 0.1) is 11.0 Å². The molecular formula is C27H35N3O3. The molecule has 4 fully saturated rings. The Labute approximate surface area is 195 Å². The van der Waals surface area contributed by atoms with Crippen LogP contribution < -0.4 is 5.56 Å². The zero-order valence-corrected chi connectivity index (χ0v) is 19.5. The Morgan fingerprint density at radius 3 is 2.24 bits per heavy atom. The highest BCUT2D eigenvalue weighted by Gasteiger charge is 2.46. The second-order valence-corrected chi connectivity index (χ2v) is 11.4. The van der Waals surface area contributed by atoms with Gasteiger partial charge in [-0.15, -0.1) is 0 Å². The molecule has 4 aliphatic rings. The standard InChI is InChI=1S/C27H35N3O3/c1-16-9-17-11-18(10-16)13-21(12-17)29-19-5-4-6-20(29)15-22(14-19)30-24-8-3-2-7-23(24)28-25(26(30)31)27(32)33/h2-3,7-8,16-22H,4-6,9-15H2,1H3,(H,32,33)/t16-,17-,18+,19-,20+,21+,22+. The molecular weight excluding hydrogens is 414 g/mol. The van der Waals surface area contributed by atoms with Crippen LogP contribution in [0.1, 0.15) is 87.7 Å². The minimum atomic E-state index is -1.24. The van der Waals surface area contributed by atoms with Gasteiger partial charge in [0.25, 0.3) is 5.56 Å². The quantitative estimate of drug-likeness (QED) is 0.724. The van der Waals surface area contributed by atoms with E-state index >= 15 is 0 Å². The summed E-state index contributed by atoms with van der Waals surface area (Å²) in [5.74, 6) is 1.43. The fraction of sp³-hybridized carbons (Fsp3) is 0.667. The third-order valence-electron chi connectivity index (χ3n) is 9.14. The summed E-state index contributed by atoms with van der Waals surface area (Å²) in [7, 11) is 0. The summed E-state index contributed by atoms with van der Waals surface area (Å²) in [4.78, 5) is 32.1. The van der Waals surface area contributed by atoms with Crippen molar-refractivity contribution < 1.29 is 9.90 Å². The van der Waals surface area contributed by atoms with Crippen molar-refractivity contribution in [2.75, 3.05) is 0 Å². The number of piperidine rings is 2. The van der Waals surface area contributed by atoms with Crippen molar-refractivity contribution in [1.29, 1.82) is 0 Å². The lowest BCUT2D eigenvalue weighted by molar-refractivity contribution is -0.0525. The Hall–Kier alpha value is -2.21. The molecule has 1 aromatic carbocycles. The number of nitrogens with zero attached hydrogens (tertiary/aromatic N) is 3. The van der Waals surface area contributed by atoms with Gasteiger partial charge in [-0.3, -0.25) is 9.69 Å². The molecule has 3 heterocycles. The van der Waals surface area contributed by atoms with Gasteiger partial charge in [-0.2, -0.15) is 0 Å². The van der Waals surface area contributed by atoms with Crippen LogP contribution in [0.3, 0.4) is 0 Å². The minimum Gasteiger partial charge on any atom is -0.476 e. The van der Waals surface area contributed by atoms with E-state index in [2.05, 4.69) is 16.8 Å². The Balaban J connectivity index is 1.33. The Kier molecular flexibility index (Phi) is 5.32. The van der Waals surface area contributed by atoms with Crippen LogP contribution in [0.4, 0.5) is 0 Å². The maximum Gasteiger partial charge on any atom is 0.360 e. The third kappa shape index (κ3) is 3.71. The number of rotatable bonds is 3. The summed E-state index contributed by atoms with van der Waals surface area (Å²) in [5.41, 5.74) is 0.566. The van der Waals surface area contributed by atoms with Crippen LogP contribution in [0.15, 0.2) is 29.1 Å². The number of carboxylic acids is 1. The molecule has 0 amide bonds. The number of benzene rings is 1. The normalized spacial score (nSPS) is 36.6. The number of fused-ring (bicyclic) bond motifs is 5. The van der Waals surface area contributed by atoms with Crippen molar-refractivity contribution in [3.8, 4) is 0 Å². The molecule has 2 aliphatic heterocycles. The lowest BCUT2D eigenvalue weighted by atomic mass is 9.65. The number of hydrogen-bond donors (Lipinski definition) is 1. The van der Waals surface area contributed by atoms with Gasteiger partial charge in [0.15, 0.2) is 0 Å². The number of aromatic carboxylic acids is 1. The van der Waals surface area contributed by atoms with Gasteiger partial charge in [-0.1, -0.05) is 25.5 Å². The first-order valence-electron chi connectivity index (χ1n) is 13.0. The topological polar surface area (TPSA) is 75.4 Å². The van der Waals surface area contributed by atoms with Crippen molar-refractivity contribution >= 4 is 17.0 Å². The van der Waals surface area contributed by atoms with E-state index in [1.54, 1.807) is 4.57 Å². The number of hydrogen-bond acceptors (Lipinski definition) is 4. The zero-order chi connectivity index (χ0) is 22.7. The minimum absolute atomic E-state index is 0.0400. The predicted octanol–water partition coefficient (Wildman–Crippen LogP) is 4.87.